The van der Waals surface area contributed by atoms with Crippen molar-refractivity contribution in [3.05, 3.63) is 64.7 Å². The molecule has 2 aromatic carbocycles. The maximum atomic E-state index is 12.9. The first kappa shape index (κ1) is 16.7. The molecule has 0 N–H and O–H groups in total. The Bertz CT molecular complexity index is 755. The summed E-state index contributed by atoms with van der Waals surface area (Å²) in [6, 6.07) is 16.9. The van der Waals surface area contributed by atoms with Crippen molar-refractivity contribution in [2.45, 2.75) is 44.6 Å². The molecule has 0 spiro atoms. The Kier molecular flexibility index (Phi) is 4.80. The van der Waals surface area contributed by atoms with Crippen molar-refractivity contribution in [2.24, 2.45) is 5.92 Å². The van der Waals surface area contributed by atoms with Gasteiger partial charge >= 0.3 is 0 Å². The third-order valence-corrected chi connectivity index (χ3v) is 5.97. The summed E-state index contributed by atoms with van der Waals surface area (Å²) in [6.07, 6.45) is 6.14. The highest BCUT2D eigenvalue weighted by molar-refractivity contribution is 6.30. The van der Waals surface area contributed by atoms with Crippen molar-refractivity contribution >= 4 is 23.1 Å². The molecule has 130 valence electrons. The number of halogens is 1. The molecule has 0 unspecified atom stereocenters. The largest absolute Gasteiger partial charge is 0.363 e. The van der Waals surface area contributed by atoms with Gasteiger partial charge in [0.25, 0.3) is 0 Å². The summed E-state index contributed by atoms with van der Waals surface area (Å²) in [5.41, 5.74) is 3.90. The number of benzene rings is 2. The highest BCUT2D eigenvalue weighted by Crippen LogP contribution is 2.42. The van der Waals surface area contributed by atoms with Crippen LogP contribution >= 0.6 is 11.6 Å². The SMILES string of the molecule is O=C1CCCCC[C@H]1[C@H]1c2ccccc2CCN1c1ccc(Cl)cc1. The van der Waals surface area contributed by atoms with E-state index in [1.165, 1.54) is 23.2 Å². The number of carbonyl (C=O) groups is 1. The number of anilines is 1. The van der Waals surface area contributed by atoms with Gasteiger partial charge < -0.3 is 4.90 Å². The average molecular weight is 354 g/mol. The van der Waals surface area contributed by atoms with Crippen molar-refractivity contribution in [3.8, 4) is 0 Å². The predicted octanol–water partition coefficient (Wildman–Crippen LogP) is 5.59. The minimum atomic E-state index is 0.0969. The first-order valence-electron chi connectivity index (χ1n) is 9.37. The molecule has 2 nitrogen and oxygen atoms in total. The topological polar surface area (TPSA) is 20.3 Å². The predicted molar refractivity (Wildman–Crippen MR) is 103 cm³/mol. The zero-order valence-corrected chi connectivity index (χ0v) is 15.2. The molecule has 1 aliphatic heterocycles. The van der Waals surface area contributed by atoms with Crippen molar-refractivity contribution in [2.75, 3.05) is 11.4 Å². The van der Waals surface area contributed by atoms with E-state index in [4.69, 9.17) is 11.6 Å². The number of hydrogen-bond acceptors (Lipinski definition) is 2. The summed E-state index contributed by atoms with van der Waals surface area (Å²) in [7, 11) is 0. The smallest absolute Gasteiger partial charge is 0.138 e. The molecule has 0 bridgehead atoms. The van der Waals surface area contributed by atoms with Crippen LogP contribution in [-0.2, 0) is 11.2 Å². The molecule has 1 saturated carbocycles. The van der Waals surface area contributed by atoms with Crippen LogP contribution in [0.25, 0.3) is 0 Å². The first-order valence-corrected chi connectivity index (χ1v) is 9.74. The molecule has 1 heterocycles. The average Bonchev–Trinajstić information content (AvgIpc) is 2.86. The fraction of sp³-hybridized carbons (Fsp3) is 0.409. The molecule has 0 aromatic heterocycles. The molecule has 0 radical (unpaired) electrons. The van der Waals surface area contributed by atoms with E-state index in [2.05, 4.69) is 41.3 Å². The summed E-state index contributed by atoms with van der Waals surface area (Å²) >= 11 is 6.09. The monoisotopic (exact) mass is 353 g/mol. The van der Waals surface area contributed by atoms with Gasteiger partial charge in [-0.3, -0.25) is 4.79 Å². The highest BCUT2D eigenvalue weighted by Gasteiger charge is 2.37. The second-order valence-corrected chi connectivity index (χ2v) is 7.67. The van der Waals surface area contributed by atoms with Gasteiger partial charge in [0.05, 0.1) is 6.04 Å². The van der Waals surface area contributed by atoms with Gasteiger partial charge in [-0.15, -0.1) is 0 Å². The fourth-order valence-corrected chi connectivity index (χ4v) is 4.60. The van der Waals surface area contributed by atoms with Crippen LogP contribution in [0.2, 0.25) is 5.02 Å². The molecule has 2 atom stereocenters. The Morgan fingerprint density at radius 3 is 2.56 bits per heavy atom. The molecule has 0 saturated heterocycles. The zero-order valence-electron chi connectivity index (χ0n) is 14.5. The summed E-state index contributed by atoms with van der Waals surface area (Å²) in [5, 5.41) is 0.753. The normalized spacial score (nSPS) is 23.9. The summed E-state index contributed by atoms with van der Waals surface area (Å²) < 4.78 is 0. The standard InChI is InChI=1S/C22H24ClNO/c23-17-10-12-18(13-11-17)24-15-14-16-6-4-5-7-19(16)22(24)20-8-2-1-3-9-21(20)25/h4-7,10-13,20,22H,1-3,8-9,14-15H2/t20-,22-/m1/s1. The van der Waals surface area contributed by atoms with Crippen LogP contribution in [0.3, 0.4) is 0 Å². The number of rotatable bonds is 2. The quantitative estimate of drug-likeness (QED) is 0.655. The third-order valence-electron chi connectivity index (χ3n) is 5.72. The second-order valence-electron chi connectivity index (χ2n) is 7.24. The lowest BCUT2D eigenvalue weighted by molar-refractivity contribution is -0.123. The van der Waals surface area contributed by atoms with Crippen molar-refractivity contribution in [1.29, 1.82) is 0 Å². The van der Waals surface area contributed by atoms with Crippen LogP contribution in [0.15, 0.2) is 48.5 Å². The van der Waals surface area contributed by atoms with Gasteiger partial charge in [0.15, 0.2) is 0 Å². The molecule has 25 heavy (non-hydrogen) atoms. The number of fused-ring (bicyclic) bond motifs is 1. The number of carbonyl (C=O) groups excluding carboxylic acids is 1. The van der Waals surface area contributed by atoms with Gasteiger partial charge in [-0.05, 0) is 54.7 Å². The van der Waals surface area contributed by atoms with Crippen LogP contribution in [-0.4, -0.2) is 12.3 Å². The van der Waals surface area contributed by atoms with Gasteiger partial charge in [-0.25, -0.2) is 0 Å². The minimum absolute atomic E-state index is 0.0969. The number of nitrogens with zero attached hydrogens (tertiary/aromatic N) is 1. The summed E-state index contributed by atoms with van der Waals surface area (Å²) in [5.74, 6) is 0.540. The van der Waals surface area contributed by atoms with E-state index in [1.54, 1.807) is 0 Å². The Morgan fingerprint density at radius 1 is 0.920 bits per heavy atom. The van der Waals surface area contributed by atoms with E-state index in [9.17, 15) is 4.79 Å². The van der Waals surface area contributed by atoms with Crippen molar-refractivity contribution in [1.82, 2.24) is 0 Å². The van der Waals surface area contributed by atoms with Crippen molar-refractivity contribution < 1.29 is 4.79 Å². The Labute approximate surface area is 154 Å². The van der Waals surface area contributed by atoms with E-state index in [0.717, 1.165) is 43.7 Å². The molecule has 2 aromatic rings. The van der Waals surface area contributed by atoms with E-state index >= 15 is 0 Å². The summed E-state index contributed by atoms with van der Waals surface area (Å²) in [4.78, 5) is 15.3. The lowest BCUT2D eigenvalue weighted by Gasteiger charge is -2.42. The highest BCUT2D eigenvalue weighted by atomic mass is 35.5. The molecule has 1 fully saturated rings. The van der Waals surface area contributed by atoms with Crippen molar-refractivity contribution in [3.63, 3.8) is 0 Å². The van der Waals surface area contributed by atoms with E-state index in [1.807, 2.05) is 12.1 Å². The lowest BCUT2D eigenvalue weighted by atomic mass is 9.80. The molecule has 3 heteroatoms. The van der Waals surface area contributed by atoms with Gasteiger partial charge in [0.2, 0.25) is 0 Å². The van der Waals surface area contributed by atoms with Gasteiger partial charge in [-0.2, -0.15) is 0 Å². The first-order chi connectivity index (χ1) is 12.2. The third kappa shape index (κ3) is 3.32. The maximum absolute atomic E-state index is 12.9. The zero-order chi connectivity index (χ0) is 17.2. The second kappa shape index (κ2) is 7.21. The number of ketones is 1. The molecular formula is C22H24ClNO. The van der Waals surface area contributed by atoms with E-state index in [0.29, 0.717) is 5.78 Å². The van der Waals surface area contributed by atoms with Gasteiger partial charge in [0.1, 0.15) is 5.78 Å². The molecule has 4 rings (SSSR count). The fourth-order valence-electron chi connectivity index (χ4n) is 4.48. The summed E-state index contributed by atoms with van der Waals surface area (Å²) in [6.45, 7) is 0.951. The van der Waals surface area contributed by atoms with Crippen LogP contribution in [0, 0.1) is 5.92 Å². The van der Waals surface area contributed by atoms with Gasteiger partial charge in [0, 0.05) is 29.6 Å². The maximum Gasteiger partial charge on any atom is 0.138 e. The Hall–Kier alpha value is -1.80. The molecule has 0 amide bonds. The van der Waals surface area contributed by atoms with E-state index in [-0.39, 0.29) is 12.0 Å². The van der Waals surface area contributed by atoms with Crippen LogP contribution in [0.1, 0.15) is 49.3 Å². The minimum Gasteiger partial charge on any atom is -0.363 e. The molecular weight excluding hydrogens is 330 g/mol. The van der Waals surface area contributed by atoms with Gasteiger partial charge in [-0.1, -0.05) is 48.7 Å². The lowest BCUT2D eigenvalue weighted by Crippen LogP contribution is -2.41. The van der Waals surface area contributed by atoms with Crippen LogP contribution in [0.5, 0.6) is 0 Å². The Morgan fingerprint density at radius 2 is 1.72 bits per heavy atom. The van der Waals surface area contributed by atoms with E-state index < -0.39 is 0 Å². The number of Topliss-reactive ketones (excluding diaryl/α,β-unsaturated/α-hetero) is 1. The van der Waals surface area contributed by atoms with Crippen LogP contribution < -0.4 is 4.90 Å². The molecule has 1 aliphatic carbocycles. The molecule has 2 aliphatic rings. The number of hydrogen-bond donors (Lipinski definition) is 0. The Balaban J connectivity index is 1.77. The van der Waals surface area contributed by atoms with Crippen LogP contribution in [0.4, 0.5) is 5.69 Å².